The molecule has 0 aliphatic carbocycles. The molecule has 0 atom stereocenters. The molecule has 0 unspecified atom stereocenters. The number of thiocarbonyl (C=S) groups is 1. The van der Waals surface area contributed by atoms with Gasteiger partial charge in [0.05, 0.1) is 23.6 Å². The predicted molar refractivity (Wildman–Crippen MR) is 114 cm³/mol. The Balaban J connectivity index is 1.74. The molecule has 1 heterocycles. The van der Waals surface area contributed by atoms with Crippen molar-refractivity contribution >= 4 is 51.9 Å². The Labute approximate surface area is 172 Å². The standard InChI is InChI=1S/C19H17Cl2FN4S/c1-11-18(24-19(27)23-17-8-14(20)7-15(21)9-17)12(2)26(25-11)10-13-3-5-16(22)6-4-13/h3-9H,10H2,1-2H3,(H2,23,24,27). The fourth-order valence-electron chi connectivity index (χ4n) is 2.70. The number of aromatic nitrogens is 2. The number of hydrogen-bond acceptors (Lipinski definition) is 2. The average molecular weight is 423 g/mol. The van der Waals surface area contributed by atoms with E-state index in [1.807, 2.05) is 18.5 Å². The Morgan fingerprint density at radius 2 is 1.70 bits per heavy atom. The van der Waals surface area contributed by atoms with Crippen LogP contribution in [-0.4, -0.2) is 14.9 Å². The average Bonchev–Trinajstić information content (AvgIpc) is 2.83. The first kappa shape index (κ1) is 19.6. The maximum absolute atomic E-state index is 13.1. The zero-order valence-corrected chi connectivity index (χ0v) is 17.0. The first-order valence-corrected chi connectivity index (χ1v) is 9.31. The lowest BCUT2D eigenvalue weighted by Crippen LogP contribution is -2.20. The van der Waals surface area contributed by atoms with Crippen molar-refractivity contribution in [3.05, 3.63) is 75.3 Å². The van der Waals surface area contributed by atoms with Gasteiger partial charge in [0.2, 0.25) is 0 Å². The van der Waals surface area contributed by atoms with E-state index in [-0.39, 0.29) is 5.82 Å². The summed E-state index contributed by atoms with van der Waals surface area (Å²) in [6.07, 6.45) is 0. The van der Waals surface area contributed by atoms with Crippen LogP contribution in [0, 0.1) is 19.7 Å². The van der Waals surface area contributed by atoms with Crippen molar-refractivity contribution in [3.8, 4) is 0 Å². The molecule has 0 spiro atoms. The lowest BCUT2D eigenvalue weighted by atomic mass is 10.2. The normalized spacial score (nSPS) is 10.7. The number of benzene rings is 2. The van der Waals surface area contributed by atoms with Crippen LogP contribution in [0.5, 0.6) is 0 Å². The lowest BCUT2D eigenvalue weighted by molar-refractivity contribution is 0.622. The smallest absolute Gasteiger partial charge is 0.175 e. The van der Waals surface area contributed by atoms with Gasteiger partial charge in [0.15, 0.2) is 5.11 Å². The van der Waals surface area contributed by atoms with Crippen LogP contribution < -0.4 is 10.6 Å². The number of aryl methyl sites for hydroxylation is 1. The van der Waals surface area contributed by atoms with Crippen LogP contribution in [-0.2, 0) is 6.54 Å². The summed E-state index contributed by atoms with van der Waals surface area (Å²) in [4.78, 5) is 0. The summed E-state index contributed by atoms with van der Waals surface area (Å²) in [6.45, 7) is 4.39. The van der Waals surface area contributed by atoms with Gasteiger partial charge in [-0.1, -0.05) is 35.3 Å². The fourth-order valence-corrected chi connectivity index (χ4v) is 3.44. The highest BCUT2D eigenvalue weighted by molar-refractivity contribution is 7.80. The number of hydrogen-bond donors (Lipinski definition) is 2. The minimum absolute atomic E-state index is 0.257. The Morgan fingerprint density at radius 3 is 2.33 bits per heavy atom. The van der Waals surface area contributed by atoms with Gasteiger partial charge in [0.1, 0.15) is 5.82 Å². The zero-order valence-electron chi connectivity index (χ0n) is 14.7. The predicted octanol–water partition coefficient (Wildman–Crippen LogP) is 5.80. The highest BCUT2D eigenvalue weighted by Gasteiger charge is 2.13. The number of nitrogens with zero attached hydrogens (tertiary/aromatic N) is 2. The van der Waals surface area contributed by atoms with Crippen molar-refractivity contribution in [1.29, 1.82) is 0 Å². The van der Waals surface area contributed by atoms with Crippen LogP contribution >= 0.6 is 35.4 Å². The molecular formula is C19H17Cl2FN4S. The molecule has 3 rings (SSSR count). The first-order chi connectivity index (χ1) is 12.8. The van der Waals surface area contributed by atoms with Crippen LogP contribution in [0.25, 0.3) is 0 Å². The molecule has 0 amide bonds. The quantitative estimate of drug-likeness (QED) is 0.521. The highest BCUT2D eigenvalue weighted by Crippen LogP contribution is 2.24. The summed E-state index contributed by atoms with van der Waals surface area (Å²) in [6, 6.07) is 11.5. The summed E-state index contributed by atoms with van der Waals surface area (Å²) in [5.41, 5.74) is 4.21. The maximum Gasteiger partial charge on any atom is 0.175 e. The molecule has 2 aromatic carbocycles. The highest BCUT2D eigenvalue weighted by atomic mass is 35.5. The van der Waals surface area contributed by atoms with Gasteiger partial charge in [-0.05, 0) is 62.0 Å². The van der Waals surface area contributed by atoms with Crippen molar-refractivity contribution in [3.63, 3.8) is 0 Å². The van der Waals surface area contributed by atoms with Gasteiger partial charge in [0, 0.05) is 15.7 Å². The Bertz CT molecular complexity index is 966. The van der Waals surface area contributed by atoms with Crippen molar-refractivity contribution in [2.24, 2.45) is 0 Å². The van der Waals surface area contributed by atoms with Crippen molar-refractivity contribution in [2.45, 2.75) is 20.4 Å². The zero-order chi connectivity index (χ0) is 19.6. The summed E-state index contributed by atoms with van der Waals surface area (Å²) in [7, 11) is 0. The Hall–Kier alpha value is -2.15. The van der Waals surface area contributed by atoms with Gasteiger partial charge in [-0.2, -0.15) is 5.10 Å². The molecule has 4 nitrogen and oxygen atoms in total. The molecular weight excluding hydrogens is 406 g/mol. The second-order valence-electron chi connectivity index (χ2n) is 6.07. The van der Waals surface area contributed by atoms with E-state index in [4.69, 9.17) is 35.4 Å². The van der Waals surface area contributed by atoms with Crippen LogP contribution in [0.2, 0.25) is 10.0 Å². The summed E-state index contributed by atoms with van der Waals surface area (Å²) >= 11 is 17.4. The fraction of sp³-hybridized carbons (Fsp3) is 0.158. The SMILES string of the molecule is Cc1nn(Cc2ccc(F)cc2)c(C)c1NC(=S)Nc1cc(Cl)cc(Cl)c1. The topological polar surface area (TPSA) is 41.9 Å². The van der Waals surface area contributed by atoms with Gasteiger partial charge in [-0.3, -0.25) is 4.68 Å². The number of rotatable bonds is 4. The molecule has 0 aliphatic heterocycles. The monoisotopic (exact) mass is 422 g/mol. The van der Waals surface area contributed by atoms with E-state index in [2.05, 4.69) is 15.7 Å². The molecule has 0 saturated heterocycles. The van der Waals surface area contributed by atoms with E-state index in [1.165, 1.54) is 12.1 Å². The van der Waals surface area contributed by atoms with E-state index in [0.29, 0.717) is 27.4 Å². The Kier molecular flexibility index (Phi) is 5.99. The van der Waals surface area contributed by atoms with E-state index in [0.717, 1.165) is 22.6 Å². The van der Waals surface area contributed by atoms with Gasteiger partial charge in [-0.25, -0.2) is 4.39 Å². The molecule has 8 heteroatoms. The minimum Gasteiger partial charge on any atom is -0.332 e. The minimum atomic E-state index is -0.257. The van der Waals surface area contributed by atoms with E-state index in [9.17, 15) is 4.39 Å². The van der Waals surface area contributed by atoms with E-state index < -0.39 is 0 Å². The Morgan fingerprint density at radius 1 is 1.07 bits per heavy atom. The maximum atomic E-state index is 13.1. The summed E-state index contributed by atoms with van der Waals surface area (Å²) in [5, 5.41) is 12.2. The molecule has 27 heavy (non-hydrogen) atoms. The van der Waals surface area contributed by atoms with Gasteiger partial charge in [0.25, 0.3) is 0 Å². The first-order valence-electron chi connectivity index (χ1n) is 8.14. The van der Waals surface area contributed by atoms with Crippen molar-refractivity contribution in [2.75, 3.05) is 10.6 Å². The molecule has 0 fully saturated rings. The molecule has 3 aromatic rings. The van der Waals surface area contributed by atoms with E-state index in [1.54, 1.807) is 30.3 Å². The molecule has 0 aliphatic rings. The van der Waals surface area contributed by atoms with Crippen LogP contribution in [0.3, 0.4) is 0 Å². The third-order valence-corrected chi connectivity index (χ3v) is 4.63. The van der Waals surface area contributed by atoms with Gasteiger partial charge >= 0.3 is 0 Å². The third-order valence-electron chi connectivity index (χ3n) is 3.99. The van der Waals surface area contributed by atoms with Crippen LogP contribution in [0.15, 0.2) is 42.5 Å². The lowest BCUT2D eigenvalue weighted by Gasteiger charge is -2.12. The van der Waals surface area contributed by atoms with Crippen molar-refractivity contribution < 1.29 is 4.39 Å². The molecule has 0 saturated carbocycles. The van der Waals surface area contributed by atoms with Crippen LogP contribution in [0.4, 0.5) is 15.8 Å². The molecule has 2 N–H and O–H groups in total. The molecule has 140 valence electrons. The second-order valence-corrected chi connectivity index (χ2v) is 7.35. The largest absolute Gasteiger partial charge is 0.332 e. The summed E-state index contributed by atoms with van der Waals surface area (Å²) in [5.74, 6) is -0.257. The number of halogens is 3. The molecule has 0 bridgehead atoms. The molecule has 1 aromatic heterocycles. The van der Waals surface area contributed by atoms with Crippen LogP contribution in [0.1, 0.15) is 17.0 Å². The van der Waals surface area contributed by atoms with Crippen molar-refractivity contribution in [1.82, 2.24) is 9.78 Å². The summed E-state index contributed by atoms with van der Waals surface area (Å²) < 4.78 is 14.9. The number of anilines is 2. The third kappa shape index (κ3) is 4.97. The van der Waals surface area contributed by atoms with E-state index >= 15 is 0 Å². The molecule has 0 radical (unpaired) electrons. The van der Waals surface area contributed by atoms with Gasteiger partial charge < -0.3 is 10.6 Å². The second kappa shape index (κ2) is 8.25. The van der Waals surface area contributed by atoms with Gasteiger partial charge in [-0.15, -0.1) is 0 Å². The number of nitrogens with one attached hydrogen (secondary N) is 2.